The summed E-state index contributed by atoms with van der Waals surface area (Å²) in [4.78, 5) is 12.2. The van der Waals surface area contributed by atoms with Crippen molar-refractivity contribution in [3.8, 4) is 5.75 Å². The summed E-state index contributed by atoms with van der Waals surface area (Å²) < 4.78 is 5.26. The van der Waals surface area contributed by atoms with Gasteiger partial charge in [-0.15, -0.1) is 0 Å². The van der Waals surface area contributed by atoms with Crippen molar-refractivity contribution < 1.29 is 9.53 Å². The highest BCUT2D eigenvalue weighted by Crippen LogP contribution is 2.27. The van der Waals surface area contributed by atoms with E-state index in [1.807, 2.05) is 19.1 Å². The molecule has 0 saturated carbocycles. The van der Waals surface area contributed by atoms with Crippen LogP contribution in [0.5, 0.6) is 5.75 Å². The van der Waals surface area contributed by atoms with E-state index >= 15 is 0 Å². The van der Waals surface area contributed by atoms with Crippen LogP contribution < -0.4 is 10.1 Å². The van der Waals surface area contributed by atoms with E-state index in [-0.39, 0.29) is 16.9 Å². The first-order valence-electron chi connectivity index (χ1n) is 7.97. The normalized spacial score (nSPS) is 12.1. The summed E-state index contributed by atoms with van der Waals surface area (Å²) in [5, 5.41) is 3.16. The molecule has 3 nitrogen and oxygen atoms in total. The van der Waals surface area contributed by atoms with E-state index < -0.39 is 0 Å². The van der Waals surface area contributed by atoms with Crippen LogP contribution in [0.3, 0.4) is 0 Å². The van der Waals surface area contributed by atoms with E-state index in [1.165, 1.54) is 5.56 Å². The molecule has 0 spiro atoms. The number of rotatable bonds is 6. The van der Waals surface area contributed by atoms with E-state index in [9.17, 15) is 4.79 Å². The average molecular weight is 305 g/mol. The fourth-order valence-electron chi connectivity index (χ4n) is 3.16. The van der Waals surface area contributed by atoms with Crippen molar-refractivity contribution in [2.75, 3.05) is 7.11 Å². The molecule has 1 aromatic carbocycles. The van der Waals surface area contributed by atoms with Gasteiger partial charge in [-0.1, -0.05) is 32.9 Å². The number of carbonyl (C=O) groups is 1. The molecule has 0 heterocycles. The molecule has 3 heteroatoms. The molecule has 1 amide bonds. The number of carbonyl (C=O) groups excluding carboxylic acids is 1. The zero-order valence-electron chi connectivity index (χ0n) is 15.2. The number of methoxy groups -OCH3 is 1. The fourth-order valence-corrected chi connectivity index (χ4v) is 3.16. The molecule has 0 bridgehead atoms. The Morgan fingerprint density at radius 3 is 2.32 bits per heavy atom. The summed E-state index contributed by atoms with van der Waals surface area (Å²) in [6.45, 7) is 12.8. The first kappa shape index (κ1) is 18.5. The van der Waals surface area contributed by atoms with Crippen LogP contribution in [0.15, 0.2) is 18.2 Å². The Labute approximate surface area is 135 Å². The summed E-state index contributed by atoms with van der Waals surface area (Å²) in [7, 11) is 1.67. The lowest BCUT2D eigenvalue weighted by atomic mass is 9.81. The number of benzene rings is 1. The maximum Gasteiger partial charge on any atom is 0.220 e. The Hall–Kier alpha value is -1.51. The molecule has 0 aliphatic heterocycles. The van der Waals surface area contributed by atoms with E-state index in [1.54, 1.807) is 7.11 Å². The highest BCUT2D eigenvalue weighted by molar-refractivity contribution is 5.77. The van der Waals surface area contributed by atoms with Gasteiger partial charge in [-0.05, 0) is 56.2 Å². The molecule has 0 aliphatic rings. The minimum Gasteiger partial charge on any atom is -0.496 e. The maximum atomic E-state index is 12.2. The van der Waals surface area contributed by atoms with Crippen LogP contribution in [-0.4, -0.2) is 18.6 Å². The largest absolute Gasteiger partial charge is 0.496 e. The molecular formula is C19H31NO2. The lowest BCUT2D eigenvalue weighted by Crippen LogP contribution is -2.45. The summed E-state index contributed by atoms with van der Waals surface area (Å²) in [6.07, 6.45) is 2.22. The second-order valence-electron chi connectivity index (χ2n) is 7.97. The fraction of sp³-hybridized carbons (Fsp3) is 0.632. The lowest BCUT2D eigenvalue weighted by molar-refractivity contribution is -0.122. The molecule has 0 aromatic heterocycles. The number of amides is 1. The SMILES string of the molecule is COc1ccc(CCC(=O)NC(C)(C)CC(C)(C)C)cc1C. The maximum absolute atomic E-state index is 12.2. The zero-order valence-corrected chi connectivity index (χ0v) is 15.2. The van der Waals surface area contributed by atoms with Crippen molar-refractivity contribution in [1.82, 2.24) is 5.32 Å². The van der Waals surface area contributed by atoms with Gasteiger partial charge in [0.2, 0.25) is 5.91 Å². The predicted molar refractivity (Wildman–Crippen MR) is 92.3 cm³/mol. The zero-order chi connectivity index (χ0) is 17.0. The van der Waals surface area contributed by atoms with Crippen molar-refractivity contribution in [1.29, 1.82) is 0 Å². The topological polar surface area (TPSA) is 38.3 Å². The number of hydrogen-bond donors (Lipinski definition) is 1. The molecule has 1 rings (SSSR count). The van der Waals surface area contributed by atoms with Crippen molar-refractivity contribution >= 4 is 5.91 Å². The Balaban J connectivity index is 2.54. The van der Waals surface area contributed by atoms with E-state index in [2.05, 4.69) is 46.0 Å². The molecular weight excluding hydrogens is 274 g/mol. The van der Waals surface area contributed by atoms with Crippen LogP contribution in [0.1, 0.15) is 58.6 Å². The molecule has 0 unspecified atom stereocenters. The van der Waals surface area contributed by atoms with Gasteiger partial charge in [0, 0.05) is 12.0 Å². The van der Waals surface area contributed by atoms with Crippen LogP contribution in [0, 0.1) is 12.3 Å². The third-order valence-corrected chi connectivity index (χ3v) is 3.55. The monoisotopic (exact) mass is 305 g/mol. The Morgan fingerprint density at radius 1 is 1.18 bits per heavy atom. The molecule has 124 valence electrons. The van der Waals surface area contributed by atoms with Gasteiger partial charge >= 0.3 is 0 Å². The summed E-state index contributed by atoms with van der Waals surface area (Å²) in [5.41, 5.74) is 2.30. The number of ether oxygens (including phenoxy) is 1. The van der Waals surface area contributed by atoms with Gasteiger partial charge in [-0.2, -0.15) is 0 Å². The average Bonchev–Trinajstić information content (AvgIpc) is 2.32. The molecule has 0 atom stereocenters. The van der Waals surface area contributed by atoms with Gasteiger partial charge in [0.15, 0.2) is 0 Å². The molecule has 0 radical (unpaired) electrons. The van der Waals surface area contributed by atoms with E-state index in [0.717, 1.165) is 24.2 Å². The van der Waals surface area contributed by atoms with Crippen LogP contribution in [-0.2, 0) is 11.2 Å². The Kier molecular flexibility index (Phi) is 6.04. The Bertz CT molecular complexity index is 513. The van der Waals surface area contributed by atoms with E-state index in [0.29, 0.717) is 6.42 Å². The number of nitrogens with one attached hydrogen (secondary N) is 1. The van der Waals surface area contributed by atoms with Gasteiger partial charge < -0.3 is 10.1 Å². The van der Waals surface area contributed by atoms with Gasteiger partial charge in [0.05, 0.1) is 7.11 Å². The van der Waals surface area contributed by atoms with Crippen molar-refractivity contribution in [2.24, 2.45) is 5.41 Å². The second-order valence-corrected chi connectivity index (χ2v) is 7.97. The highest BCUT2D eigenvalue weighted by Gasteiger charge is 2.26. The van der Waals surface area contributed by atoms with E-state index in [4.69, 9.17) is 4.74 Å². The van der Waals surface area contributed by atoms with Gasteiger partial charge in [0.1, 0.15) is 5.75 Å². The summed E-state index contributed by atoms with van der Waals surface area (Å²) in [5.74, 6) is 1.00. The lowest BCUT2D eigenvalue weighted by Gasteiger charge is -2.33. The molecule has 1 N–H and O–H groups in total. The van der Waals surface area contributed by atoms with Crippen molar-refractivity contribution in [3.05, 3.63) is 29.3 Å². The number of aryl methyl sites for hydroxylation is 2. The predicted octanol–water partition coefficient (Wildman–Crippen LogP) is 4.27. The second kappa shape index (κ2) is 7.17. The Morgan fingerprint density at radius 2 is 1.82 bits per heavy atom. The number of hydrogen-bond acceptors (Lipinski definition) is 2. The minimum absolute atomic E-state index is 0.114. The molecule has 0 fully saturated rings. The highest BCUT2D eigenvalue weighted by atomic mass is 16.5. The molecule has 0 saturated heterocycles. The van der Waals surface area contributed by atoms with Gasteiger partial charge in [0.25, 0.3) is 0 Å². The van der Waals surface area contributed by atoms with Gasteiger partial charge in [-0.25, -0.2) is 0 Å². The molecule has 0 aliphatic carbocycles. The van der Waals surface area contributed by atoms with Crippen LogP contribution >= 0.6 is 0 Å². The third kappa shape index (κ3) is 6.50. The first-order chi connectivity index (χ1) is 10.0. The van der Waals surface area contributed by atoms with Gasteiger partial charge in [-0.3, -0.25) is 4.79 Å². The third-order valence-electron chi connectivity index (χ3n) is 3.55. The molecule has 1 aromatic rings. The van der Waals surface area contributed by atoms with Crippen molar-refractivity contribution in [2.45, 2.75) is 66.3 Å². The van der Waals surface area contributed by atoms with Crippen molar-refractivity contribution in [3.63, 3.8) is 0 Å². The minimum atomic E-state index is -0.175. The van der Waals surface area contributed by atoms with Crippen LogP contribution in [0.25, 0.3) is 0 Å². The summed E-state index contributed by atoms with van der Waals surface area (Å²) >= 11 is 0. The van der Waals surface area contributed by atoms with Crippen LogP contribution in [0.2, 0.25) is 0 Å². The first-order valence-corrected chi connectivity index (χ1v) is 7.97. The quantitative estimate of drug-likeness (QED) is 0.852. The summed E-state index contributed by atoms with van der Waals surface area (Å²) in [6, 6.07) is 6.08. The van der Waals surface area contributed by atoms with Crippen LogP contribution in [0.4, 0.5) is 0 Å². The molecule has 22 heavy (non-hydrogen) atoms. The smallest absolute Gasteiger partial charge is 0.220 e. The standard InChI is InChI=1S/C19H31NO2/c1-14-12-15(8-10-16(14)22-7)9-11-17(21)20-19(5,6)13-18(2,3)4/h8,10,12H,9,11,13H2,1-7H3,(H,20,21).